The van der Waals surface area contributed by atoms with Gasteiger partial charge in [0, 0.05) is 23.6 Å². The van der Waals surface area contributed by atoms with E-state index in [0.29, 0.717) is 19.5 Å². The number of hydrogen-bond acceptors (Lipinski definition) is 3. The van der Waals surface area contributed by atoms with E-state index in [4.69, 9.17) is 17.3 Å². The summed E-state index contributed by atoms with van der Waals surface area (Å²) in [7, 11) is -3.58. The molecule has 1 aliphatic heterocycles. The lowest BCUT2D eigenvalue weighted by Crippen LogP contribution is -2.53. The van der Waals surface area contributed by atoms with Crippen LogP contribution in [0.1, 0.15) is 20.3 Å². The molecule has 0 aliphatic carbocycles. The fourth-order valence-corrected chi connectivity index (χ4v) is 4.99. The first-order valence-electron chi connectivity index (χ1n) is 6.35. The van der Waals surface area contributed by atoms with E-state index < -0.39 is 10.0 Å². The second kappa shape index (κ2) is 5.57. The normalized spacial score (nSPS) is 23.8. The molecular weight excluding hydrogens is 364 g/mol. The van der Waals surface area contributed by atoms with E-state index in [1.165, 1.54) is 10.4 Å². The zero-order valence-electron chi connectivity index (χ0n) is 11.4. The number of halogens is 2. The Morgan fingerprint density at radius 1 is 1.45 bits per heavy atom. The van der Waals surface area contributed by atoms with Gasteiger partial charge in [-0.15, -0.1) is 0 Å². The van der Waals surface area contributed by atoms with Gasteiger partial charge in [-0.25, -0.2) is 8.42 Å². The number of hydrogen-bond donors (Lipinski definition) is 1. The Kier molecular flexibility index (Phi) is 4.52. The van der Waals surface area contributed by atoms with Crippen LogP contribution in [0.5, 0.6) is 0 Å². The van der Waals surface area contributed by atoms with Crippen LogP contribution in [0.25, 0.3) is 0 Å². The van der Waals surface area contributed by atoms with E-state index in [1.807, 2.05) is 13.8 Å². The summed E-state index contributed by atoms with van der Waals surface area (Å²) in [6.07, 6.45) is 0.653. The van der Waals surface area contributed by atoms with Gasteiger partial charge in [-0.1, -0.05) is 41.4 Å². The molecule has 1 aromatic rings. The van der Waals surface area contributed by atoms with Gasteiger partial charge in [-0.05, 0) is 30.0 Å². The summed E-state index contributed by atoms with van der Waals surface area (Å²) in [6.45, 7) is 4.81. The van der Waals surface area contributed by atoms with Gasteiger partial charge in [-0.3, -0.25) is 0 Å². The molecule has 0 spiro atoms. The molecule has 2 N–H and O–H groups in total. The number of nitrogens with zero attached hydrogens (tertiary/aromatic N) is 1. The average Bonchev–Trinajstić information content (AvgIpc) is 2.31. The molecular formula is C13H18BrClN2O2S. The quantitative estimate of drug-likeness (QED) is 0.857. The molecule has 0 bridgehead atoms. The molecule has 1 aliphatic rings. The van der Waals surface area contributed by atoms with Gasteiger partial charge in [0.1, 0.15) is 4.90 Å². The van der Waals surface area contributed by atoms with Crippen LogP contribution in [0.4, 0.5) is 0 Å². The molecule has 0 radical (unpaired) electrons. The monoisotopic (exact) mass is 380 g/mol. The summed E-state index contributed by atoms with van der Waals surface area (Å²) in [6, 6.07) is 4.81. The van der Waals surface area contributed by atoms with E-state index in [2.05, 4.69) is 15.9 Å². The Morgan fingerprint density at radius 2 is 2.10 bits per heavy atom. The summed E-state index contributed by atoms with van der Waals surface area (Å²) in [5.41, 5.74) is 5.81. The van der Waals surface area contributed by atoms with Crippen molar-refractivity contribution >= 4 is 37.6 Å². The third-order valence-electron chi connectivity index (χ3n) is 3.79. The highest BCUT2D eigenvalue weighted by Crippen LogP contribution is 2.33. The number of benzene rings is 1. The topological polar surface area (TPSA) is 63.4 Å². The molecule has 1 fully saturated rings. The summed E-state index contributed by atoms with van der Waals surface area (Å²) < 4.78 is 27.6. The molecule has 1 unspecified atom stereocenters. The van der Waals surface area contributed by atoms with Crippen molar-refractivity contribution in [2.24, 2.45) is 11.1 Å². The van der Waals surface area contributed by atoms with Crippen molar-refractivity contribution in [3.05, 3.63) is 27.7 Å². The molecule has 112 valence electrons. The molecule has 0 aromatic heterocycles. The molecule has 0 saturated carbocycles. The number of nitrogens with two attached hydrogens (primary N) is 1. The van der Waals surface area contributed by atoms with Crippen molar-refractivity contribution in [1.82, 2.24) is 4.31 Å². The zero-order chi connectivity index (χ0) is 15.1. The van der Waals surface area contributed by atoms with Crippen molar-refractivity contribution in [2.45, 2.75) is 31.2 Å². The van der Waals surface area contributed by atoms with Gasteiger partial charge in [-0.2, -0.15) is 4.31 Å². The average molecular weight is 382 g/mol. The maximum absolute atomic E-state index is 12.7. The molecule has 1 heterocycles. The van der Waals surface area contributed by atoms with Crippen LogP contribution < -0.4 is 5.73 Å². The molecule has 7 heteroatoms. The Bertz CT molecular complexity index is 619. The predicted molar refractivity (Wildman–Crippen MR) is 84.3 cm³/mol. The van der Waals surface area contributed by atoms with Gasteiger partial charge in [0.25, 0.3) is 0 Å². The number of rotatable bonds is 2. The van der Waals surface area contributed by atoms with Crippen molar-refractivity contribution in [3.8, 4) is 0 Å². The number of piperidine rings is 1. The van der Waals surface area contributed by atoms with Crippen LogP contribution in [-0.4, -0.2) is 31.9 Å². The smallest absolute Gasteiger partial charge is 0.244 e. The number of sulfonamides is 1. The van der Waals surface area contributed by atoms with Crippen LogP contribution in [0.2, 0.25) is 5.02 Å². The van der Waals surface area contributed by atoms with Crippen LogP contribution in [0.3, 0.4) is 0 Å². The van der Waals surface area contributed by atoms with Gasteiger partial charge >= 0.3 is 0 Å². The van der Waals surface area contributed by atoms with E-state index in [-0.39, 0.29) is 21.4 Å². The first kappa shape index (κ1) is 16.2. The minimum absolute atomic E-state index is 0.00865. The molecule has 4 nitrogen and oxygen atoms in total. The Labute approximate surface area is 133 Å². The van der Waals surface area contributed by atoms with Gasteiger partial charge in [0.2, 0.25) is 10.0 Å². The van der Waals surface area contributed by atoms with Crippen LogP contribution in [0.15, 0.2) is 27.6 Å². The lowest BCUT2D eigenvalue weighted by atomic mass is 9.81. The molecule has 2 rings (SSSR count). The van der Waals surface area contributed by atoms with E-state index in [9.17, 15) is 8.42 Å². The fourth-order valence-electron chi connectivity index (χ4n) is 2.35. The Morgan fingerprint density at radius 3 is 2.65 bits per heavy atom. The van der Waals surface area contributed by atoms with E-state index in [1.54, 1.807) is 12.1 Å². The summed E-state index contributed by atoms with van der Waals surface area (Å²) in [5.74, 6) is 0. The summed E-state index contributed by atoms with van der Waals surface area (Å²) >= 11 is 9.35. The molecule has 20 heavy (non-hydrogen) atoms. The Hall–Kier alpha value is -0.140. The van der Waals surface area contributed by atoms with Crippen molar-refractivity contribution < 1.29 is 8.42 Å². The summed E-state index contributed by atoms with van der Waals surface area (Å²) in [5, 5.41) is 0.229. The highest BCUT2D eigenvalue weighted by molar-refractivity contribution is 9.10. The molecule has 1 atom stereocenters. The van der Waals surface area contributed by atoms with Crippen LogP contribution in [-0.2, 0) is 10.0 Å². The minimum atomic E-state index is -3.58. The highest BCUT2D eigenvalue weighted by atomic mass is 79.9. The lowest BCUT2D eigenvalue weighted by Gasteiger charge is -2.41. The van der Waals surface area contributed by atoms with Gasteiger partial charge in [0.15, 0.2) is 0 Å². The molecule has 1 aromatic carbocycles. The molecule has 0 amide bonds. The van der Waals surface area contributed by atoms with Crippen LogP contribution in [0, 0.1) is 5.41 Å². The first-order chi connectivity index (χ1) is 9.14. The van der Waals surface area contributed by atoms with Crippen LogP contribution >= 0.6 is 27.5 Å². The Balaban J connectivity index is 2.36. The predicted octanol–water partition coefficient (Wildman–Crippen LogP) is 2.85. The third kappa shape index (κ3) is 3.04. The SMILES string of the molecule is CC1(C)CN(S(=O)(=O)c2ccc(Br)cc2Cl)CCC1N. The van der Waals surface area contributed by atoms with E-state index in [0.717, 1.165) is 4.47 Å². The standard InChI is InChI=1S/C13H18BrClN2O2S/c1-13(2)8-17(6-5-12(13)16)20(18,19)11-4-3-9(14)7-10(11)15/h3-4,7,12H,5-6,8,16H2,1-2H3. The van der Waals surface area contributed by atoms with Crippen molar-refractivity contribution in [1.29, 1.82) is 0 Å². The zero-order valence-corrected chi connectivity index (χ0v) is 14.6. The van der Waals surface area contributed by atoms with Gasteiger partial charge in [0.05, 0.1) is 5.02 Å². The lowest BCUT2D eigenvalue weighted by molar-refractivity contribution is 0.155. The maximum Gasteiger partial charge on any atom is 0.244 e. The highest BCUT2D eigenvalue weighted by Gasteiger charge is 2.39. The summed E-state index contributed by atoms with van der Waals surface area (Å²) in [4.78, 5) is 0.147. The van der Waals surface area contributed by atoms with Crippen molar-refractivity contribution in [2.75, 3.05) is 13.1 Å². The van der Waals surface area contributed by atoms with E-state index >= 15 is 0 Å². The minimum Gasteiger partial charge on any atom is -0.327 e. The largest absolute Gasteiger partial charge is 0.327 e. The fraction of sp³-hybridized carbons (Fsp3) is 0.538. The van der Waals surface area contributed by atoms with Gasteiger partial charge < -0.3 is 5.73 Å². The first-order valence-corrected chi connectivity index (χ1v) is 8.96. The van der Waals surface area contributed by atoms with Crippen molar-refractivity contribution in [3.63, 3.8) is 0 Å². The third-order valence-corrected chi connectivity index (χ3v) is 6.61. The second-order valence-corrected chi connectivity index (χ2v) is 9.03. The maximum atomic E-state index is 12.7. The molecule has 1 saturated heterocycles. The second-order valence-electron chi connectivity index (χ2n) is 5.80.